The van der Waals surface area contributed by atoms with Gasteiger partial charge in [0.15, 0.2) is 0 Å². The maximum absolute atomic E-state index is 13.6. The van der Waals surface area contributed by atoms with Crippen LogP contribution < -0.4 is 4.90 Å². The predicted octanol–water partition coefficient (Wildman–Crippen LogP) is 5.15. The average molecular weight is 417 g/mol. The number of hydrogen-bond acceptors (Lipinski definition) is 3. The van der Waals surface area contributed by atoms with E-state index < -0.39 is 0 Å². The van der Waals surface area contributed by atoms with Gasteiger partial charge in [0, 0.05) is 13.1 Å². The fraction of sp³-hybridized carbons (Fsp3) is 0.120. The zero-order valence-electron chi connectivity index (χ0n) is 16.6. The Hall–Kier alpha value is -3.37. The molecule has 4 rings (SSSR count). The van der Waals surface area contributed by atoms with Gasteiger partial charge >= 0.3 is 0 Å². The van der Waals surface area contributed by atoms with Gasteiger partial charge < -0.3 is 4.90 Å². The molecule has 1 aliphatic rings. The van der Waals surface area contributed by atoms with E-state index >= 15 is 0 Å². The van der Waals surface area contributed by atoms with Crippen molar-refractivity contribution in [3.05, 3.63) is 107 Å². The summed E-state index contributed by atoms with van der Waals surface area (Å²) in [5.74, 6) is -0.717. The summed E-state index contributed by atoms with van der Waals surface area (Å²) in [7, 11) is 0. The second kappa shape index (κ2) is 8.56. The lowest BCUT2D eigenvalue weighted by atomic mass is 10.0. The van der Waals surface area contributed by atoms with Gasteiger partial charge in [0.2, 0.25) is 0 Å². The topological polar surface area (TPSA) is 40.6 Å². The third-order valence-corrected chi connectivity index (χ3v) is 5.45. The monoisotopic (exact) mass is 416 g/mol. The lowest BCUT2D eigenvalue weighted by Gasteiger charge is -2.25. The number of imide groups is 1. The van der Waals surface area contributed by atoms with Crippen LogP contribution >= 0.6 is 11.6 Å². The molecule has 150 valence electrons. The van der Waals surface area contributed by atoms with Crippen molar-refractivity contribution < 1.29 is 9.59 Å². The minimum absolute atomic E-state index is 0.357. The summed E-state index contributed by atoms with van der Waals surface area (Å²) in [5, 5.41) is 0.360. The number of anilines is 1. The maximum atomic E-state index is 13.6. The number of benzene rings is 3. The van der Waals surface area contributed by atoms with Crippen LogP contribution in [0.3, 0.4) is 0 Å². The van der Waals surface area contributed by atoms with E-state index in [1.165, 1.54) is 4.90 Å². The molecule has 0 radical (unpaired) electrons. The molecule has 3 aromatic rings. The Morgan fingerprint density at radius 3 is 2.03 bits per heavy atom. The van der Waals surface area contributed by atoms with Crippen molar-refractivity contribution in [3.63, 3.8) is 0 Å². The lowest BCUT2D eigenvalue weighted by Crippen LogP contribution is -2.35. The van der Waals surface area contributed by atoms with Gasteiger partial charge in [0.1, 0.15) is 5.70 Å². The molecule has 0 aliphatic carbocycles. The Balaban J connectivity index is 1.84. The number of nitrogens with zero attached hydrogens (tertiary/aromatic N) is 2. The van der Waals surface area contributed by atoms with Crippen molar-refractivity contribution >= 4 is 34.7 Å². The third-order valence-electron chi connectivity index (χ3n) is 5.13. The number of rotatable bonds is 6. The van der Waals surface area contributed by atoms with E-state index in [4.69, 9.17) is 11.6 Å². The van der Waals surface area contributed by atoms with Crippen molar-refractivity contribution in [2.24, 2.45) is 0 Å². The number of amides is 2. The quantitative estimate of drug-likeness (QED) is 0.522. The van der Waals surface area contributed by atoms with E-state index in [9.17, 15) is 9.59 Å². The molecule has 0 saturated heterocycles. The van der Waals surface area contributed by atoms with Gasteiger partial charge in [-0.25, -0.2) is 4.90 Å². The maximum Gasteiger partial charge on any atom is 0.282 e. The first-order valence-corrected chi connectivity index (χ1v) is 10.2. The highest BCUT2D eigenvalue weighted by Gasteiger charge is 2.42. The van der Waals surface area contributed by atoms with Gasteiger partial charge in [0.05, 0.1) is 16.3 Å². The molecule has 1 heterocycles. The fourth-order valence-electron chi connectivity index (χ4n) is 3.68. The highest BCUT2D eigenvalue weighted by Crippen LogP contribution is 2.37. The second-order valence-corrected chi connectivity index (χ2v) is 7.39. The summed E-state index contributed by atoms with van der Waals surface area (Å²) in [6.45, 7) is 3.09. The highest BCUT2D eigenvalue weighted by atomic mass is 35.5. The number of carbonyl (C=O) groups is 2. The molecule has 0 spiro atoms. The molecule has 0 unspecified atom stereocenters. The Morgan fingerprint density at radius 1 is 0.800 bits per heavy atom. The van der Waals surface area contributed by atoms with Crippen LogP contribution in [0.5, 0.6) is 0 Å². The van der Waals surface area contributed by atoms with E-state index in [2.05, 4.69) is 0 Å². The lowest BCUT2D eigenvalue weighted by molar-refractivity contribution is -0.120. The SMILES string of the molecule is CCN(Cc1ccccc1)C1=C(c2ccccc2)C(=O)N(c2ccccc2Cl)C1=O. The van der Waals surface area contributed by atoms with Crippen LogP contribution in [0.15, 0.2) is 90.6 Å². The van der Waals surface area contributed by atoms with Crippen LogP contribution in [0.4, 0.5) is 5.69 Å². The molecule has 2 amide bonds. The molecule has 1 aliphatic heterocycles. The largest absolute Gasteiger partial charge is 0.362 e. The Bertz CT molecular complexity index is 1110. The first kappa shape index (κ1) is 19.9. The minimum Gasteiger partial charge on any atom is -0.362 e. The zero-order valence-corrected chi connectivity index (χ0v) is 17.3. The van der Waals surface area contributed by atoms with Crippen molar-refractivity contribution in [2.75, 3.05) is 11.4 Å². The summed E-state index contributed by atoms with van der Waals surface area (Å²) in [4.78, 5) is 30.2. The first-order valence-electron chi connectivity index (χ1n) is 9.83. The fourth-order valence-corrected chi connectivity index (χ4v) is 3.90. The predicted molar refractivity (Wildman–Crippen MR) is 120 cm³/mol. The number of likely N-dealkylation sites (N-methyl/N-ethyl adjacent to an activating group) is 1. The normalized spacial score (nSPS) is 13.9. The van der Waals surface area contributed by atoms with E-state index in [1.807, 2.05) is 72.5 Å². The van der Waals surface area contributed by atoms with E-state index in [-0.39, 0.29) is 11.8 Å². The van der Waals surface area contributed by atoms with Crippen molar-refractivity contribution in [1.82, 2.24) is 4.90 Å². The number of carbonyl (C=O) groups excluding carboxylic acids is 2. The van der Waals surface area contributed by atoms with Crippen LogP contribution in [-0.2, 0) is 16.1 Å². The molecule has 5 heteroatoms. The number of hydrogen-bond donors (Lipinski definition) is 0. The minimum atomic E-state index is -0.360. The van der Waals surface area contributed by atoms with Crippen molar-refractivity contribution in [2.45, 2.75) is 13.5 Å². The van der Waals surface area contributed by atoms with Crippen molar-refractivity contribution in [3.8, 4) is 0 Å². The molecule has 0 aromatic heterocycles. The van der Waals surface area contributed by atoms with Crippen LogP contribution in [0.1, 0.15) is 18.1 Å². The summed E-state index contributed by atoms with van der Waals surface area (Å²) in [6.07, 6.45) is 0. The molecule has 30 heavy (non-hydrogen) atoms. The van der Waals surface area contributed by atoms with Gasteiger partial charge in [0.25, 0.3) is 11.8 Å². The molecular weight excluding hydrogens is 396 g/mol. The van der Waals surface area contributed by atoms with Crippen LogP contribution in [0.25, 0.3) is 5.57 Å². The second-order valence-electron chi connectivity index (χ2n) is 6.99. The van der Waals surface area contributed by atoms with Crippen LogP contribution in [-0.4, -0.2) is 23.3 Å². The Morgan fingerprint density at radius 2 is 1.40 bits per heavy atom. The zero-order chi connectivity index (χ0) is 21.1. The summed E-state index contributed by atoms with van der Waals surface area (Å²) in [6, 6.07) is 26.2. The molecule has 0 N–H and O–H groups in total. The number of para-hydroxylation sites is 1. The highest BCUT2D eigenvalue weighted by molar-refractivity contribution is 6.47. The average Bonchev–Trinajstić information content (AvgIpc) is 3.04. The molecule has 0 atom stereocenters. The third kappa shape index (κ3) is 3.62. The van der Waals surface area contributed by atoms with E-state index in [1.54, 1.807) is 24.3 Å². The van der Waals surface area contributed by atoms with Gasteiger partial charge in [-0.05, 0) is 30.2 Å². The summed E-state index contributed by atoms with van der Waals surface area (Å²) < 4.78 is 0. The Kier molecular flexibility index (Phi) is 5.68. The number of halogens is 1. The summed E-state index contributed by atoms with van der Waals surface area (Å²) >= 11 is 6.34. The van der Waals surface area contributed by atoms with Crippen molar-refractivity contribution in [1.29, 1.82) is 0 Å². The summed E-state index contributed by atoms with van der Waals surface area (Å²) in [5.41, 5.74) is 2.98. The van der Waals surface area contributed by atoms with E-state index in [0.29, 0.717) is 40.6 Å². The molecule has 0 bridgehead atoms. The first-order chi connectivity index (χ1) is 14.6. The molecule has 0 saturated carbocycles. The molecule has 3 aromatic carbocycles. The smallest absolute Gasteiger partial charge is 0.282 e. The molecule has 0 fully saturated rings. The Labute approximate surface area is 181 Å². The van der Waals surface area contributed by atoms with Crippen LogP contribution in [0, 0.1) is 0 Å². The molecular formula is C25H21ClN2O2. The van der Waals surface area contributed by atoms with Gasteiger partial charge in [-0.1, -0.05) is 84.4 Å². The standard InChI is InChI=1S/C25H21ClN2O2/c1-2-27(17-18-11-5-3-6-12-18)23-22(19-13-7-4-8-14-19)24(29)28(25(23)30)21-16-10-9-15-20(21)26/h3-16H,2,17H2,1H3. The van der Waals surface area contributed by atoms with Gasteiger partial charge in [-0.15, -0.1) is 0 Å². The van der Waals surface area contributed by atoms with E-state index in [0.717, 1.165) is 5.56 Å². The molecule has 4 nitrogen and oxygen atoms in total. The van der Waals surface area contributed by atoms with Crippen LogP contribution in [0.2, 0.25) is 5.02 Å². The van der Waals surface area contributed by atoms with Gasteiger partial charge in [-0.3, -0.25) is 9.59 Å². The van der Waals surface area contributed by atoms with Gasteiger partial charge in [-0.2, -0.15) is 0 Å².